The monoisotopic (exact) mass is 330 g/mol. The summed E-state index contributed by atoms with van der Waals surface area (Å²) in [7, 11) is 0. The smallest absolute Gasteiger partial charge is 0.143 e. The number of hydrogen-bond acceptors (Lipinski definition) is 1. The topological polar surface area (TPSA) is 17.1 Å². The molecule has 0 aliphatic heterocycles. The summed E-state index contributed by atoms with van der Waals surface area (Å²) in [5, 5.41) is 0. The van der Waals surface area contributed by atoms with Gasteiger partial charge in [0.25, 0.3) is 0 Å². The van der Waals surface area contributed by atoms with Crippen molar-refractivity contribution >= 4 is 21.7 Å². The lowest BCUT2D eigenvalue weighted by molar-refractivity contribution is -0.119. The van der Waals surface area contributed by atoms with Crippen molar-refractivity contribution in [1.82, 2.24) is 0 Å². The Morgan fingerprint density at radius 1 is 1.21 bits per heavy atom. The van der Waals surface area contributed by atoms with Crippen molar-refractivity contribution in [2.24, 2.45) is 5.92 Å². The molecule has 104 valence electrons. The van der Waals surface area contributed by atoms with E-state index < -0.39 is 11.6 Å². The maximum atomic E-state index is 13.8. The molecule has 0 bridgehead atoms. The molecule has 1 aliphatic carbocycles. The first-order chi connectivity index (χ1) is 9.08. The number of ketones is 1. The largest absolute Gasteiger partial charge is 0.299 e. The maximum Gasteiger partial charge on any atom is 0.143 e. The molecule has 0 unspecified atom stereocenters. The van der Waals surface area contributed by atoms with E-state index in [1.807, 2.05) is 0 Å². The van der Waals surface area contributed by atoms with Gasteiger partial charge in [-0.05, 0) is 34.0 Å². The Balaban J connectivity index is 2.00. The minimum absolute atomic E-state index is 0.0669. The van der Waals surface area contributed by atoms with Gasteiger partial charge >= 0.3 is 0 Å². The van der Waals surface area contributed by atoms with E-state index in [4.69, 9.17) is 0 Å². The van der Waals surface area contributed by atoms with Crippen molar-refractivity contribution < 1.29 is 13.6 Å². The summed E-state index contributed by atoms with van der Waals surface area (Å²) in [6, 6.07) is 2.51. The number of rotatable bonds is 4. The molecule has 0 aromatic heterocycles. The molecule has 0 saturated heterocycles. The molecule has 0 heterocycles. The molecule has 4 heteroatoms. The summed E-state index contributed by atoms with van der Waals surface area (Å²) in [5.74, 6) is -0.961. The zero-order valence-electron chi connectivity index (χ0n) is 10.7. The van der Waals surface area contributed by atoms with Crippen LogP contribution in [-0.2, 0) is 11.2 Å². The van der Waals surface area contributed by atoms with Crippen molar-refractivity contribution in [1.29, 1.82) is 0 Å². The van der Waals surface area contributed by atoms with E-state index in [1.165, 1.54) is 18.6 Å². The lowest BCUT2D eigenvalue weighted by atomic mass is 9.85. The third-order valence-electron chi connectivity index (χ3n) is 3.75. The highest BCUT2D eigenvalue weighted by Crippen LogP contribution is 2.28. The predicted octanol–water partition coefficient (Wildman–Crippen LogP) is 4.81. The number of carbonyl (C=O) groups is 1. The highest BCUT2D eigenvalue weighted by Gasteiger charge is 2.20. The van der Waals surface area contributed by atoms with Crippen LogP contribution in [0.5, 0.6) is 0 Å². The Labute approximate surface area is 120 Å². The Hall–Kier alpha value is -0.770. The molecule has 1 aromatic carbocycles. The lowest BCUT2D eigenvalue weighted by Crippen LogP contribution is -2.15. The first kappa shape index (κ1) is 14.6. The second-order valence-electron chi connectivity index (χ2n) is 5.25. The fourth-order valence-corrected chi connectivity index (χ4v) is 3.09. The fraction of sp³-hybridized carbons (Fsp3) is 0.533. The van der Waals surface area contributed by atoms with E-state index in [1.54, 1.807) is 0 Å². The summed E-state index contributed by atoms with van der Waals surface area (Å²) < 4.78 is 27.5. The van der Waals surface area contributed by atoms with Gasteiger partial charge in [-0.3, -0.25) is 4.79 Å². The van der Waals surface area contributed by atoms with E-state index in [0.717, 1.165) is 25.7 Å². The molecule has 1 nitrogen and oxygen atoms in total. The molecule has 1 aliphatic rings. The average Bonchev–Trinajstić information content (AvgIpc) is 2.40. The van der Waals surface area contributed by atoms with Gasteiger partial charge in [0.2, 0.25) is 0 Å². The maximum absolute atomic E-state index is 13.8. The Bertz CT molecular complexity index is 467. The summed E-state index contributed by atoms with van der Waals surface area (Å²) in [4.78, 5) is 11.9. The van der Waals surface area contributed by atoms with Gasteiger partial charge < -0.3 is 0 Å². The van der Waals surface area contributed by atoms with Gasteiger partial charge in [0.05, 0.1) is 4.47 Å². The van der Waals surface area contributed by atoms with Crippen LogP contribution in [0.15, 0.2) is 16.6 Å². The van der Waals surface area contributed by atoms with E-state index >= 15 is 0 Å². The van der Waals surface area contributed by atoms with Crippen molar-refractivity contribution in [3.63, 3.8) is 0 Å². The van der Waals surface area contributed by atoms with Gasteiger partial charge in [-0.1, -0.05) is 32.1 Å². The van der Waals surface area contributed by atoms with Crippen LogP contribution in [0, 0.1) is 17.6 Å². The van der Waals surface area contributed by atoms with Gasteiger partial charge in [0.1, 0.15) is 17.4 Å². The van der Waals surface area contributed by atoms with Crippen molar-refractivity contribution in [3.8, 4) is 0 Å². The van der Waals surface area contributed by atoms with E-state index in [-0.39, 0.29) is 22.2 Å². The molecule has 1 saturated carbocycles. The molecule has 1 fully saturated rings. The number of Topliss-reactive ketones (excluding diaryl/α,β-unsaturated/α-hetero) is 1. The third-order valence-corrected chi connectivity index (χ3v) is 4.37. The van der Waals surface area contributed by atoms with Crippen LogP contribution in [0.2, 0.25) is 0 Å². The normalized spacial score (nSPS) is 16.6. The molecule has 0 spiro atoms. The zero-order valence-corrected chi connectivity index (χ0v) is 12.3. The second kappa shape index (κ2) is 6.60. The van der Waals surface area contributed by atoms with Crippen molar-refractivity contribution in [3.05, 3.63) is 33.8 Å². The number of carbonyl (C=O) groups excluding carboxylic acids is 1. The fourth-order valence-electron chi connectivity index (χ4n) is 2.71. The molecule has 0 N–H and O–H groups in total. The number of halogens is 3. The Kier molecular flexibility index (Phi) is 5.08. The third kappa shape index (κ3) is 3.85. The Morgan fingerprint density at radius 3 is 2.58 bits per heavy atom. The Morgan fingerprint density at radius 2 is 1.89 bits per heavy atom. The summed E-state index contributed by atoms with van der Waals surface area (Å²) >= 11 is 3.02. The standard InChI is InChI=1S/C15H17BrF2O/c16-13-6-7-14(17)12(15(13)18)9-11(19)8-10-4-2-1-3-5-10/h6-7,10H,1-5,8-9H2. The van der Waals surface area contributed by atoms with Crippen LogP contribution in [0.1, 0.15) is 44.1 Å². The lowest BCUT2D eigenvalue weighted by Gasteiger charge is -2.20. The number of hydrogen-bond donors (Lipinski definition) is 0. The molecular formula is C15H17BrF2O. The minimum atomic E-state index is -0.656. The van der Waals surface area contributed by atoms with Crippen LogP contribution >= 0.6 is 15.9 Å². The highest BCUT2D eigenvalue weighted by atomic mass is 79.9. The van der Waals surface area contributed by atoms with Crippen LogP contribution in [-0.4, -0.2) is 5.78 Å². The van der Waals surface area contributed by atoms with E-state index in [2.05, 4.69) is 15.9 Å². The molecule has 1 aromatic rings. The second-order valence-corrected chi connectivity index (χ2v) is 6.10. The molecular weight excluding hydrogens is 314 g/mol. The molecule has 0 radical (unpaired) electrons. The van der Waals surface area contributed by atoms with Gasteiger partial charge in [-0.15, -0.1) is 0 Å². The quantitative estimate of drug-likeness (QED) is 0.724. The van der Waals surface area contributed by atoms with E-state index in [9.17, 15) is 13.6 Å². The van der Waals surface area contributed by atoms with Gasteiger partial charge in [-0.25, -0.2) is 8.78 Å². The molecule has 2 rings (SSSR count). The molecule has 0 atom stereocenters. The minimum Gasteiger partial charge on any atom is -0.299 e. The summed E-state index contributed by atoms with van der Waals surface area (Å²) in [6.45, 7) is 0. The van der Waals surface area contributed by atoms with Crippen LogP contribution in [0.4, 0.5) is 8.78 Å². The van der Waals surface area contributed by atoms with Crippen LogP contribution in [0.25, 0.3) is 0 Å². The predicted molar refractivity (Wildman–Crippen MR) is 74.0 cm³/mol. The average molecular weight is 331 g/mol. The van der Waals surface area contributed by atoms with Gasteiger partial charge in [0, 0.05) is 18.4 Å². The van der Waals surface area contributed by atoms with Gasteiger partial charge in [0.15, 0.2) is 0 Å². The summed E-state index contributed by atoms with van der Waals surface area (Å²) in [6.07, 6.45) is 6.00. The van der Waals surface area contributed by atoms with Crippen LogP contribution < -0.4 is 0 Å². The SMILES string of the molecule is O=C(Cc1c(F)ccc(Br)c1F)CC1CCCCC1. The van der Waals surface area contributed by atoms with Crippen molar-refractivity contribution in [2.75, 3.05) is 0 Å². The first-order valence-corrected chi connectivity index (χ1v) is 7.51. The highest BCUT2D eigenvalue weighted by molar-refractivity contribution is 9.10. The molecule has 0 amide bonds. The molecule has 19 heavy (non-hydrogen) atoms. The van der Waals surface area contributed by atoms with Crippen LogP contribution in [0.3, 0.4) is 0 Å². The van der Waals surface area contributed by atoms with Gasteiger partial charge in [-0.2, -0.15) is 0 Å². The van der Waals surface area contributed by atoms with E-state index in [0.29, 0.717) is 12.3 Å². The van der Waals surface area contributed by atoms with Crippen molar-refractivity contribution in [2.45, 2.75) is 44.9 Å². The zero-order chi connectivity index (χ0) is 13.8. The number of benzene rings is 1. The first-order valence-electron chi connectivity index (χ1n) is 6.72. The summed E-state index contributed by atoms with van der Waals surface area (Å²) in [5.41, 5.74) is -0.116.